The summed E-state index contributed by atoms with van der Waals surface area (Å²) >= 11 is 0. The predicted octanol–water partition coefficient (Wildman–Crippen LogP) is 5.23. The Hall–Kier alpha value is -3.37. The molecule has 0 radical (unpaired) electrons. The number of fused-ring (bicyclic) bond motifs is 1. The van der Waals surface area contributed by atoms with Gasteiger partial charge in [-0.25, -0.2) is 19.7 Å². The van der Waals surface area contributed by atoms with Gasteiger partial charge in [0.05, 0.1) is 10.9 Å². The third-order valence-electron chi connectivity index (χ3n) is 6.23. The van der Waals surface area contributed by atoms with Gasteiger partial charge in [-0.15, -0.1) is 0 Å². The minimum Gasteiger partial charge on any atom is -0.444 e. The van der Waals surface area contributed by atoms with Crippen LogP contribution in [0.4, 0.5) is 23.8 Å². The predicted molar refractivity (Wildman–Crippen MR) is 130 cm³/mol. The van der Waals surface area contributed by atoms with Gasteiger partial charge in [-0.3, -0.25) is 4.57 Å². The number of amides is 1. The lowest BCUT2D eigenvalue weighted by Crippen LogP contribution is -2.59. The maximum Gasteiger partial charge on any atom is 0.416 e. The zero-order valence-corrected chi connectivity index (χ0v) is 21.3. The Morgan fingerprint density at radius 2 is 1.83 bits per heavy atom. The van der Waals surface area contributed by atoms with Crippen molar-refractivity contribution in [1.82, 2.24) is 24.4 Å². The Balaban J connectivity index is 1.73. The van der Waals surface area contributed by atoms with Crippen molar-refractivity contribution in [3.63, 3.8) is 0 Å². The second kappa shape index (κ2) is 9.25. The van der Waals surface area contributed by atoms with Gasteiger partial charge < -0.3 is 14.5 Å². The topological polar surface area (TPSA) is 76.4 Å². The second-order valence-electron chi connectivity index (χ2n) is 10.2. The molecule has 0 N–H and O–H groups in total. The highest BCUT2D eigenvalue weighted by Crippen LogP contribution is 2.35. The van der Waals surface area contributed by atoms with E-state index in [0.717, 1.165) is 29.3 Å². The molecule has 1 aliphatic heterocycles. The van der Waals surface area contributed by atoms with Crippen molar-refractivity contribution in [2.24, 2.45) is 0 Å². The first-order valence-corrected chi connectivity index (χ1v) is 11.9. The summed E-state index contributed by atoms with van der Waals surface area (Å²) in [6, 6.07) is 1.75. The van der Waals surface area contributed by atoms with Gasteiger partial charge in [0.2, 0.25) is 0 Å². The highest BCUT2D eigenvalue weighted by molar-refractivity contribution is 5.92. The van der Waals surface area contributed by atoms with Crippen LogP contribution in [0.1, 0.15) is 52.7 Å². The molecule has 1 amide bonds. The van der Waals surface area contributed by atoms with Crippen LogP contribution in [0.2, 0.25) is 0 Å². The van der Waals surface area contributed by atoms with Crippen molar-refractivity contribution in [2.75, 3.05) is 18.0 Å². The highest BCUT2D eigenvalue weighted by atomic mass is 19.4. The number of carbonyl (C=O) groups excluding carboxylic acids is 1. The number of anilines is 1. The normalized spacial score (nSPS) is 19.1. The lowest BCUT2D eigenvalue weighted by atomic mass is 10.1. The molecular formula is C25H31F3N6O2. The van der Waals surface area contributed by atoms with Crippen LogP contribution in [-0.4, -0.2) is 61.3 Å². The summed E-state index contributed by atoms with van der Waals surface area (Å²) in [6.45, 7) is 12.4. The van der Waals surface area contributed by atoms with Crippen LogP contribution in [0, 0.1) is 0 Å². The summed E-state index contributed by atoms with van der Waals surface area (Å²) in [5.41, 5.74) is 0.0153. The number of hydrogen-bond donors (Lipinski definition) is 0. The van der Waals surface area contributed by atoms with Crippen LogP contribution in [0.3, 0.4) is 0 Å². The van der Waals surface area contributed by atoms with E-state index in [4.69, 9.17) is 4.74 Å². The molecule has 2 atom stereocenters. The van der Waals surface area contributed by atoms with E-state index in [9.17, 15) is 18.0 Å². The summed E-state index contributed by atoms with van der Waals surface area (Å²) in [4.78, 5) is 29.8. The Morgan fingerprint density at radius 1 is 1.11 bits per heavy atom. The van der Waals surface area contributed by atoms with Gasteiger partial charge in [-0.1, -0.05) is 6.92 Å². The van der Waals surface area contributed by atoms with Gasteiger partial charge in [-0.05, 0) is 58.7 Å². The number of carbonyl (C=O) groups is 1. The minimum atomic E-state index is -4.48. The minimum absolute atomic E-state index is 0.0773. The number of halogens is 3. The number of aromatic nitrogens is 4. The molecule has 4 rings (SSSR count). The average molecular weight is 505 g/mol. The quantitative estimate of drug-likeness (QED) is 0.486. The fourth-order valence-electron chi connectivity index (χ4n) is 4.50. The van der Waals surface area contributed by atoms with Crippen molar-refractivity contribution >= 4 is 22.9 Å². The van der Waals surface area contributed by atoms with Gasteiger partial charge in [0.15, 0.2) is 5.65 Å². The second-order valence-corrected chi connectivity index (χ2v) is 10.2. The Morgan fingerprint density at radius 3 is 2.47 bits per heavy atom. The molecule has 0 saturated carbocycles. The maximum absolute atomic E-state index is 13.3. The number of alkyl halides is 3. The molecule has 1 fully saturated rings. The molecule has 11 heteroatoms. The molecule has 3 aromatic rings. The van der Waals surface area contributed by atoms with Gasteiger partial charge in [0.25, 0.3) is 0 Å². The van der Waals surface area contributed by atoms with E-state index in [2.05, 4.69) is 19.9 Å². The van der Waals surface area contributed by atoms with E-state index >= 15 is 0 Å². The zero-order valence-electron chi connectivity index (χ0n) is 21.3. The van der Waals surface area contributed by atoms with Crippen molar-refractivity contribution in [3.8, 4) is 5.82 Å². The maximum atomic E-state index is 13.3. The Bertz CT molecular complexity index is 1270. The number of rotatable bonds is 3. The molecule has 8 nitrogen and oxygen atoms in total. The number of ether oxygens (including phenoxy) is 1. The molecule has 4 heterocycles. The van der Waals surface area contributed by atoms with Crippen LogP contribution in [0.25, 0.3) is 16.9 Å². The van der Waals surface area contributed by atoms with E-state index < -0.39 is 17.3 Å². The Kier molecular flexibility index (Phi) is 6.61. The fraction of sp³-hybridized carbons (Fsp3) is 0.520. The SMILES string of the molecule is CCc1cn(-c2cc(C(F)(F)F)ccn2)c2ncnc(N3C[C@H](C)N(C(=O)OC(C)(C)C)CC3C)c12. The highest BCUT2D eigenvalue weighted by Gasteiger charge is 2.36. The first-order chi connectivity index (χ1) is 16.8. The number of piperazine rings is 1. The van der Waals surface area contributed by atoms with Gasteiger partial charge in [0, 0.05) is 37.6 Å². The summed E-state index contributed by atoms with van der Waals surface area (Å²) in [7, 11) is 0. The Labute approximate surface area is 208 Å². The van der Waals surface area contributed by atoms with E-state index in [1.807, 2.05) is 41.5 Å². The summed E-state index contributed by atoms with van der Waals surface area (Å²) in [6.07, 6.45) is 0.135. The molecule has 0 aliphatic carbocycles. The van der Waals surface area contributed by atoms with Crippen molar-refractivity contribution < 1.29 is 22.7 Å². The monoisotopic (exact) mass is 504 g/mol. The van der Waals surface area contributed by atoms with Gasteiger partial charge >= 0.3 is 12.3 Å². The van der Waals surface area contributed by atoms with Gasteiger partial charge in [-0.2, -0.15) is 13.2 Å². The van der Waals surface area contributed by atoms with E-state index in [0.29, 0.717) is 31.0 Å². The van der Waals surface area contributed by atoms with Crippen molar-refractivity contribution in [1.29, 1.82) is 0 Å². The smallest absolute Gasteiger partial charge is 0.416 e. The third kappa shape index (κ3) is 4.96. The molecule has 36 heavy (non-hydrogen) atoms. The van der Waals surface area contributed by atoms with Crippen LogP contribution in [0.15, 0.2) is 30.9 Å². The van der Waals surface area contributed by atoms with Crippen LogP contribution in [0.5, 0.6) is 0 Å². The van der Waals surface area contributed by atoms with Gasteiger partial charge in [0.1, 0.15) is 23.6 Å². The molecule has 3 aromatic heterocycles. The standard InChI is InChI=1S/C25H31F3N6O2/c1-7-17-13-34(19-10-18(8-9-29-19)25(26,27)28)22-20(17)21(30-14-31-22)32-11-16(3)33(12-15(32)2)23(35)36-24(4,5)6/h8-10,13-16H,7,11-12H2,1-6H3/t15?,16-/m0/s1. The summed E-state index contributed by atoms with van der Waals surface area (Å²) in [5, 5.41) is 0.768. The molecule has 0 bridgehead atoms. The molecule has 1 saturated heterocycles. The number of pyridine rings is 1. The molecule has 0 aromatic carbocycles. The first-order valence-electron chi connectivity index (χ1n) is 11.9. The molecule has 1 aliphatic rings. The van der Waals surface area contributed by atoms with E-state index in [1.54, 1.807) is 15.7 Å². The number of aryl methyl sites for hydroxylation is 1. The van der Waals surface area contributed by atoms with Crippen LogP contribution < -0.4 is 4.90 Å². The zero-order chi connectivity index (χ0) is 26.4. The summed E-state index contributed by atoms with van der Waals surface area (Å²) in [5.74, 6) is 0.820. The van der Waals surface area contributed by atoms with E-state index in [1.165, 1.54) is 6.33 Å². The average Bonchev–Trinajstić information content (AvgIpc) is 3.18. The molecule has 194 valence electrons. The largest absolute Gasteiger partial charge is 0.444 e. The number of nitrogens with zero attached hydrogens (tertiary/aromatic N) is 6. The van der Waals surface area contributed by atoms with Crippen LogP contribution in [-0.2, 0) is 17.3 Å². The first kappa shape index (κ1) is 25.7. The fourth-order valence-corrected chi connectivity index (χ4v) is 4.50. The molecular weight excluding hydrogens is 473 g/mol. The van der Waals surface area contributed by atoms with Crippen molar-refractivity contribution in [2.45, 2.75) is 71.8 Å². The molecule has 1 unspecified atom stereocenters. The number of hydrogen-bond acceptors (Lipinski definition) is 6. The lowest BCUT2D eigenvalue weighted by molar-refractivity contribution is -0.137. The van der Waals surface area contributed by atoms with Crippen LogP contribution >= 0.6 is 0 Å². The summed E-state index contributed by atoms with van der Waals surface area (Å²) < 4.78 is 47.2. The third-order valence-corrected chi connectivity index (χ3v) is 6.23. The molecule has 0 spiro atoms. The van der Waals surface area contributed by atoms with E-state index in [-0.39, 0.29) is 24.0 Å². The van der Waals surface area contributed by atoms with Crippen molar-refractivity contribution in [3.05, 3.63) is 42.0 Å². The lowest BCUT2D eigenvalue weighted by Gasteiger charge is -2.44.